The first-order valence-electron chi connectivity index (χ1n) is 4.51. The Morgan fingerprint density at radius 1 is 1.53 bits per heavy atom. The van der Waals surface area contributed by atoms with Gasteiger partial charge in [-0.05, 0) is 0 Å². The number of aromatic nitrogens is 3. The summed E-state index contributed by atoms with van der Waals surface area (Å²) in [5.41, 5.74) is 2.78. The quantitative estimate of drug-likeness (QED) is 0.805. The number of rotatable bonds is 4. The highest BCUT2D eigenvalue weighted by molar-refractivity contribution is 7.07. The molecule has 2 N–H and O–H groups in total. The monoisotopic (exact) mass is 222 g/mol. The van der Waals surface area contributed by atoms with E-state index in [9.17, 15) is 4.79 Å². The maximum Gasteiger partial charge on any atom is 0.287 e. The Balaban J connectivity index is 1.77. The zero-order chi connectivity index (χ0) is 10.5. The molecule has 2 rings (SSSR count). The molecule has 0 spiro atoms. The van der Waals surface area contributed by atoms with Gasteiger partial charge in [0.2, 0.25) is 0 Å². The van der Waals surface area contributed by atoms with E-state index in [0.29, 0.717) is 12.4 Å². The van der Waals surface area contributed by atoms with Crippen LogP contribution >= 0.6 is 11.3 Å². The van der Waals surface area contributed by atoms with Crippen LogP contribution in [0, 0.1) is 0 Å². The van der Waals surface area contributed by atoms with E-state index in [1.165, 1.54) is 0 Å². The third-order valence-corrected chi connectivity index (χ3v) is 2.50. The molecule has 0 aliphatic heterocycles. The van der Waals surface area contributed by atoms with E-state index in [0.717, 1.165) is 12.1 Å². The van der Waals surface area contributed by atoms with Crippen LogP contribution in [0.3, 0.4) is 0 Å². The van der Waals surface area contributed by atoms with Crippen LogP contribution in [-0.2, 0) is 6.42 Å². The van der Waals surface area contributed by atoms with Crippen molar-refractivity contribution in [3.63, 3.8) is 0 Å². The minimum Gasteiger partial charge on any atom is -0.349 e. The van der Waals surface area contributed by atoms with Gasteiger partial charge in [0.15, 0.2) is 5.82 Å². The van der Waals surface area contributed by atoms with Gasteiger partial charge in [0, 0.05) is 30.7 Å². The molecule has 15 heavy (non-hydrogen) atoms. The predicted octanol–water partition coefficient (Wildman–Crippen LogP) is 0.839. The SMILES string of the molecule is O=C(NCCc1cscn1)c1ncc[nH]1. The molecule has 0 saturated heterocycles. The van der Waals surface area contributed by atoms with Crippen LogP contribution in [0.25, 0.3) is 0 Å². The number of nitrogens with zero attached hydrogens (tertiary/aromatic N) is 2. The lowest BCUT2D eigenvalue weighted by atomic mass is 10.3. The van der Waals surface area contributed by atoms with Crippen LogP contribution in [0.15, 0.2) is 23.3 Å². The van der Waals surface area contributed by atoms with E-state index < -0.39 is 0 Å². The second kappa shape index (κ2) is 4.70. The van der Waals surface area contributed by atoms with Gasteiger partial charge in [-0.15, -0.1) is 11.3 Å². The lowest BCUT2D eigenvalue weighted by Gasteiger charge is -2.00. The summed E-state index contributed by atoms with van der Waals surface area (Å²) in [4.78, 5) is 22.1. The third-order valence-electron chi connectivity index (χ3n) is 1.86. The second-order valence-corrected chi connectivity index (χ2v) is 3.64. The van der Waals surface area contributed by atoms with E-state index in [2.05, 4.69) is 20.3 Å². The molecule has 2 heterocycles. The molecule has 0 aromatic carbocycles. The van der Waals surface area contributed by atoms with Gasteiger partial charge >= 0.3 is 0 Å². The van der Waals surface area contributed by atoms with E-state index in [-0.39, 0.29) is 5.91 Å². The maximum atomic E-state index is 11.4. The Bertz CT molecular complexity index is 409. The molecule has 0 radical (unpaired) electrons. The normalized spacial score (nSPS) is 10.1. The third kappa shape index (κ3) is 2.63. The van der Waals surface area contributed by atoms with Crippen molar-refractivity contribution in [2.75, 3.05) is 6.54 Å². The molecule has 0 atom stereocenters. The molecule has 0 unspecified atom stereocenters. The molecule has 0 aliphatic rings. The van der Waals surface area contributed by atoms with Crippen molar-refractivity contribution in [1.82, 2.24) is 20.3 Å². The number of thiazole rings is 1. The Morgan fingerprint density at radius 2 is 2.47 bits per heavy atom. The smallest absolute Gasteiger partial charge is 0.287 e. The topological polar surface area (TPSA) is 70.7 Å². The summed E-state index contributed by atoms with van der Waals surface area (Å²) in [5.74, 6) is 0.156. The summed E-state index contributed by atoms with van der Waals surface area (Å²) in [7, 11) is 0. The molecular formula is C9H10N4OS. The molecule has 0 aliphatic carbocycles. The Morgan fingerprint density at radius 3 is 3.13 bits per heavy atom. The molecule has 0 fully saturated rings. The first kappa shape index (κ1) is 9.85. The predicted molar refractivity (Wildman–Crippen MR) is 56.7 cm³/mol. The van der Waals surface area contributed by atoms with E-state index in [1.54, 1.807) is 29.2 Å². The number of aromatic amines is 1. The molecule has 2 aromatic rings. The van der Waals surface area contributed by atoms with Crippen molar-refractivity contribution in [2.45, 2.75) is 6.42 Å². The first-order valence-corrected chi connectivity index (χ1v) is 5.45. The highest BCUT2D eigenvalue weighted by Gasteiger charge is 2.06. The number of hydrogen-bond donors (Lipinski definition) is 2. The van der Waals surface area contributed by atoms with Crippen molar-refractivity contribution < 1.29 is 4.79 Å². The van der Waals surface area contributed by atoms with Crippen LogP contribution < -0.4 is 5.32 Å². The van der Waals surface area contributed by atoms with Crippen molar-refractivity contribution in [3.05, 3.63) is 34.8 Å². The van der Waals surface area contributed by atoms with Crippen LogP contribution in [-0.4, -0.2) is 27.4 Å². The van der Waals surface area contributed by atoms with Crippen molar-refractivity contribution >= 4 is 17.2 Å². The maximum absolute atomic E-state index is 11.4. The minimum atomic E-state index is -0.185. The second-order valence-electron chi connectivity index (χ2n) is 2.92. The Hall–Kier alpha value is -1.69. The van der Waals surface area contributed by atoms with Gasteiger partial charge in [0.25, 0.3) is 5.91 Å². The summed E-state index contributed by atoms with van der Waals surface area (Å²) >= 11 is 1.55. The molecule has 0 bridgehead atoms. The number of carbonyl (C=O) groups is 1. The average molecular weight is 222 g/mol. The Kier molecular flexibility index (Phi) is 3.08. The summed E-state index contributed by atoms with van der Waals surface area (Å²) in [6.07, 6.45) is 3.92. The number of amides is 1. The molecule has 1 amide bonds. The number of imidazole rings is 1. The van der Waals surface area contributed by atoms with Crippen LogP contribution in [0.4, 0.5) is 0 Å². The summed E-state index contributed by atoms with van der Waals surface area (Å²) in [5, 5.41) is 4.73. The Labute approximate surface area is 90.6 Å². The van der Waals surface area contributed by atoms with Gasteiger partial charge in [0.1, 0.15) is 0 Å². The van der Waals surface area contributed by atoms with Crippen LogP contribution in [0.5, 0.6) is 0 Å². The van der Waals surface area contributed by atoms with E-state index >= 15 is 0 Å². The number of carbonyl (C=O) groups excluding carboxylic acids is 1. The standard InChI is InChI=1S/C9H10N4OS/c14-9(8-10-3-4-11-8)12-2-1-7-5-15-6-13-7/h3-6H,1-2H2,(H,10,11)(H,12,14). The average Bonchev–Trinajstić information content (AvgIpc) is 2.90. The molecular weight excluding hydrogens is 212 g/mol. The van der Waals surface area contributed by atoms with Gasteiger partial charge in [-0.2, -0.15) is 0 Å². The van der Waals surface area contributed by atoms with Gasteiger partial charge in [0.05, 0.1) is 11.2 Å². The fourth-order valence-electron chi connectivity index (χ4n) is 1.14. The number of H-pyrrole nitrogens is 1. The fourth-order valence-corrected chi connectivity index (χ4v) is 1.73. The number of nitrogens with one attached hydrogen (secondary N) is 2. The van der Waals surface area contributed by atoms with Crippen LogP contribution in [0.1, 0.15) is 16.3 Å². The molecule has 2 aromatic heterocycles. The fraction of sp³-hybridized carbons (Fsp3) is 0.222. The highest BCUT2D eigenvalue weighted by Crippen LogP contribution is 2.00. The number of hydrogen-bond acceptors (Lipinski definition) is 4. The van der Waals surface area contributed by atoms with E-state index in [4.69, 9.17) is 0 Å². The molecule has 0 saturated carbocycles. The van der Waals surface area contributed by atoms with Gasteiger partial charge < -0.3 is 10.3 Å². The summed E-state index contributed by atoms with van der Waals surface area (Å²) in [6.45, 7) is 0.573. The van der Waals surface area contributed by atoms with Crippen molar-refractivity contribution in [2.24, 2.45) is 0 Å². The minimum absolute atomic E-state index is 0.185. The highest BCUT2D eigenvalue weighted by atomic mass is 32.1. The first-order chi connectivity index (χ1) is 7.36. The van der Waals surface area contributed by atoms with Gasteiger partial charge in [-0.3, -0.25) is 4.79 Å². The molecule has 5 nitrogen and oxygen atoms in total. The molecule has 6 heteroatoms. The van der Waals surface area contributed by atoms with Gasteiger partial charge in [-0.25, -0.2) is 9.97 Å². The summed E-state index contributed by atoms with van der Waals surface area (Å²) in [6, 6.07) is 0. The van der Waals surface area contributed by atoms with Crippen molar-refractivity contribution in [1.29, 1.82) is 0 Å². The zero-order valence-corrected chi connectivity index (χ0v) is 8.75. The van der Waals surface area contributed by atoms with Crippen molar-refractivity contribution in [3.8, 4) is 0 Å². The largest absolute Gasteiger partial charge is 0.349 e. The van der Waals surface area contributed by atoms with E-state index in [1.807, 2.05) is 5.38 Å². The van der Waals surface area contributed by atoms with Gasteiger partial charge in [-0.1, -0.05) is 0 Å². The lowest BCUT2D eigenvalue weighted by molar-refractivity contribution is 0.0944. The zero-order valence-electron chi connectivity index (χ0n) is 7.93. The lowest BCUT2D eigenvalue weighted by Crippen LogP contribution is -2.26. The van der Waals surface area contributed by atoms with Crippen LogP contribution in [0.2, 0.25) is 0 Å². The molecule has 78 valence electrons. The summed E-state index contributed by atoms with van der Waals surface area (Å²) < 4.78 is 0.